The molecule has 4 aromatic carbocycles. The van der Waals surface area contributed by atoms with Crippen LogP contribution in [-0.2, 0) is 0 Å². The molecule has 0 aliphatic carbocycles. The molecule has 2 heterocycles. The van der Waals surface area contributed by atoms with Crippen molar-refractivity contribution in [1.29, 1.82) is 0 Å². The molecule has 2 N–H and O–H groups in total. The van der Waals surface area contributed by atoms with Crippen molar-refractivity contribution in [2.45, 2.75) is 0 Å². The van der Waals surface area contributed by atoms with Gasteiger partial charge < -0.3 is 47.5 Å². The zero-order valence-electron chi connectivity index (χ0n) is 25.8. The minimum atomic E-state index is -0.549. The lowest BCUT2D eigenvalue weighted by Crippen LogP contribution is -2.04. The van der Waals surface area contributed by atoms with Gasteiger partial charge in [-0.3, -0.25) is 9.59 Å². The second-order valence-corrected chi connectivity index (χ2v) is 10.1. The molecule has 0 spiro atoms. The van der Waals surface area contributed by atoms with Gasteiger partial charge in [0, 0.05) is 35.4 Å². The Kier molecular flexibility index (Phi) is 8.00. The van der Waals surface area contributed by atoms with Gasteiger partial charge in [0.15, 0.2) is 45.4 Å². The Morgan fingerprint density at radius 3 is 1.47 bits per heavy atom. The molecule has 240 valence electrons. The van der Waals surface area contributed by atoms with Crippen molar-refractivity contribution in [3.05, 3.63) is 87.2 Å². The van der Waals surface area contributed by atoms with Crippen LogP contribution in [0.4, 0.5) is 0 Å². The molecular weight excluding hydrogens is 612 g/mol. The van der Waals surface area contributed by atoms with E-state index in [1.165, 1.54) is 59.8 Å². The van der Waals surface area contributed by atoms with Crippen molar-refractivity contribution < 1.29 is 47.5 Å². The fourth-order valence-corrected chi connectivity index (χ4v) is 5.22. The topological polar surface area (TPSA) is 156 Å². The Hall–Kier alpha value is -6.30. The first-order chi connectivity index (χ1) is 22.7. The van der Waals surface area contributed by atoms with E-state index in [-0.39, 0.29) is 56.5 Å². The van der Waals surface area contributed by atoms with Crippen LogP contribution in [0.5, 0.6) is 51.7 Å². The third-order valence-corrected chi connectivity index (χ3v) is 7.50. The number of aromatic hydroxyl groups is 2. The molecule has 0 unspecified atom stereocenters. The van der Waals surface area contributed by atoms with Crippen molar-refractivity contribution in [2.75, 3.05) is 35.5 Å². The molecule has 0 radical (unpaired) electrons. The maximum atomic E-state index is 13.2. The number of hydrogen-bond acceptors (Lipinski definition) is 12. The van der Waals surface area contributed by atoms with Gasteiger partial charge in [-0.15, -0.1) is 0 Å². The predicted octanol–water partition coefficient (Wildman–Crippen LogP) is 6.48. The van der Waals surface area contributed by atoms with Crippen LogP contribution in [0, 0.1) is 0 Å². The summed E-state index contributed by atoms with van der Waals surface area (Å²) in [6.45, 7) is 0. The summed E-state index contributed by atoms with van der Waals surface area (Å²) in [7, 11) is 7.09. The van der Waals surface area contributed by atoms with E-state index < -0.39 is 22.4 Å². The van der Waals surface area contributed by atoms with Gasteiger partial charge in [0.05, 0.1) is 35.5 Å². The average molecular weight is 641 g/mol. The number of ether oxygens (including phenoxy) is 6. The van der Waals surface area contributed by atoms with Gasteiger partial charge in [-0.25, -0.2) is 0 Å². The summed E-state index contributed by atoms with van der Waals surface area (Å²) in [5.74, 6) is 0.275. The van der Waals surface area contributed by atoms with Crippen LogP contribution in [0.3, 0.4) is 0 Å². The molecule has 0 bridgehead atoms. The van der Waals surface area contributed by atoms with Crippen LogP contribution in [0.15, 0.2) is 85.2 Å². The second kappa shape index (κ2) is 12.2. The number of phenolic OH excluding ortho intramolecular Hbond substituents is 2. The van der Waals surface area contributed by atoms with Crippen molar-refractivity contribution >= 4 is 21.9 Å². The lowest BCUT2D eigenvalue weighted by molar-refractivity contribution is 0.331. The molecule has 0 atom stereocenters. The summed E-state index contributed by atoms with van der Waals surface area (Å²) in [6.07, 6.45) is 0. The van der Waals surface area contributed by atoms with E-state index in [1.807, 2.05) is 0 Å². The van der Waals surface area contributed by atoms with E-state index in [0.717, 1.165) is 0 Å². The van der Waals surface area contributed by atoms with Crippen LogP contribution >= 0.6 is 0 Å². The van der Waals surface area contributed by atoms with E-state index in [2.05, 4.69) is 0 Å². The van der Waals surface area contributed by atoms with Crippen LogP contribution in [0.1, 0.15) is 0 Å². The summed E-state index contributed by atoms with van der Waals surface area (Å²) in [5.41, 5.74) is -0.0278. The molecule has 0 aliphatic heterocycles. The first-order valence-electron chi connectivity index (χ1n) is 14.0. The van der Waals surface area contributed by atoms with Crippen LogP contribution in [-0.4, -0.2) is 45.8 Å². The van der Waals surface area contributed by atoms with Gasteiger partial charge in [-0.05, 0) is 42.5 Å². The lowest BCUT2D eigenvalue weighted by atomic mass is 10.1. The third kappa shape index (κ3) is 5.35. The van der Waals surface area contributed by atoms with E-state index in [4.69, 9.17) is 37.3 Å². The fraction of sp³-hybridized carbons (Fsp3) is 0.143. The van der Waals surface area contributed by atoms with E-state index in [9.17, 15) is 19.8 Å². The zero-order valence-corrected chi connectivity index (χ0v) is 25.8. The summed E-state index contributed by atoms with van der Waals surface area (Å²) >= 11 is 0. The van der Waals surface area contributed by atoms with Gasteiger partial charge in [0.1, 0.15) is 39.2 Å². The third-order valence-electron chi connectivity index (χ3n) is 7.50. The fourth-order valence-electron chi connectivity index (χ4n) is 5.22. The van der Waals surface area contributed by atoms with Gasteiger partial charge in [-0.1, -0.05) is 0 Å². The molecule has 6 aromatic rings. The molecule has 0 aliphatic rings. The van der Waals surface area contributed by atoms with Crippen molar-refractivity contribution in [3.63, 3.8) is 0 Å². The lowest BCUT2D eigenvalue weighted by Gasteiger charge is -2.17. The Morgan fingerprint density at radius 1 is 0.511 bits per heavy atom. The highest BCUT2D eigenvalue weighted by Crippen LogP contribution is 2.49. The summed E-state index contributed by atoms with van der Waals surface area (Å²) in [5, 5.41) is 22.0. The summed E-state index contributed by atoms with van der Waals surface area (Å²) < 4.78 is 44.9. The minimum absolute atomic E-state index is 0.0112. The van der Waals surface area contributed by atoms with Gasteiger partial charge in [0.25, 0.3) is 0 Å². The predicted molar refractivity (Wildman–Crippen MR) is 172 cm³/mol. The van der Waals surface area contributed by atoms with Crippen molar-refractivity contribution in [3.8, 4) is 74.4 Å². The zero-order chi connectivity index (χ0) is 33.4. The Labute approximate surface area is 266 Å². The minimum Gasteiger partial charge on any atom is -0.504 e. The molecule has 0 saturated carbocycles. The van der Waals surface area contributed by atoms with Crippen molar-refractivity contribution in [2.24, 2.45) is 0 Å². The number of phenols is 2. The highest BCUT2D eigenvalue weighted by molar-refractivity contribution is 5.92. The number of hydrogen-bond donors (Lipinski definition) is 2. The smallest absolute Gasteiger partial charge is 0.204 e. The van der Waals surface area contributed by atoms with Gasteiger partial charge in [-0.2, -0.15) is 0 Å². The van der Waals surface area contributed by atoms with Gasteiger partial charge >= 0.3 is 0 Å². The molecular formula is C35H28O12. The molecule has 0 fully saturated rings. The van der Waals surface area contributed by atoms with Crippen LogP contribution < -0.4 is 39.3 Å². The monoisotopic (exact) mass is 640 g/mol. The van der Waals surface area contributed by atoms with Crippen LogP contribution in [0.2, 0.25) is 0 Å². The number of methoxy groups -OCH3 is 5. The first kappa shape index (κ1) is 30.7. The van der Waals surface area contributed by atoms with E-state index in [1.54, 1.807) is 42.5 Å². The first-order valence-corrected chi connectivity index (χ1v) is 14.0. The van der Waals surface area contributed by atoms with Crippen LogP contribution in [0.25, 0.3) is 44.6 Å². The standard InChI is InChI=1S/C35H28O12/c1-40-19-9-6-17(7-10-19)23-13-20(36)30-26(45-23)15-28(34(43-4)32(30)38)47-29-16-27-31(33(39)35(29)44-5)21(37)14-24(46-27)18-8-11-22(41-2)25(12-18)42-3/h6-16,38-39H,1-5H3. The number of benzene rings is 4. The maximum Gasteiger partial charge on any atom is 0.204 e. The quantitative estimate of drug-likeness (QED) is 0.178. The average Bonchev–Trinajstić information content (AvgIpc) is 3.07. The Balaban J connectivity index is 1.50. The highest BCUT2D eigenvalue weighted by Gasteiger charge is 2.25. The van der Waals surface area contributed by atoms with Gasteiger partial charge in [0.2, 0.25) is 11.5 Å². The molecule has 0 amide bonds. The molecule has 47 heavy (non-hydrogen) atoms. The number of rotatable bonds is 9. The molecule has 2 aromatic heterocycles. The number of fused-ring (bicyclic) bond motifs is 2. The normalized spacial score (nSPS) is 11.0. The molecule has 12 heteroatoms. The largest absolute Gasteiger partial charge is 0.504 e. The molecule has 6 rings (SSSR count). The van der Waals surface area contributed by atoms with E-state index in [0.29, 0.717) is 28.4 Å². The maximum absolute atomic E-state index is 13.2. The molecule has 0 saturated heterocycles. The Morgan fingerprint density at radius 2 is 1.00 bits per heavy atom. The second-order valence-electron chi connectivity index (χ2n) is 10.1. The summed E-state index contributed by atoms with van der Waals surface area (Å²) in [6, 6.07) is 17.1. The Bertz CT molecular complexity index is 2270. The van der Waals surface area contributed by atoms with E-state index >= 15 is 0 Å². The highest BCUT2D eigenvalue weighted by atomic mass is 16.5. The van der Waals surface area contributed by atoms with Crippen molar-refractivity contribution in [1.82, 2.24) is 0 Å². The SMILES string of the molecule is COc1ccc(-c2cc(=O)c3c(O)c(OC)c(Oc4cc5oc(-c6ccc(OC)c(OC)c6)cc(=O)c5c(O)c4OC)cc3o2)cc1. The summed E-state index contributed by atoms with van der Waals surface area (Å²) in [4.78, 5) is 26.4. The molecule has 12 nitrogen and oxygen atoms in total.